The van der Waals surface area contributed by atoms with Crippen LogP contribution in [-0.2, 0) is 31.2 Å². The van der Waals surface area contributed by atoms with Gasteiger partial charge in [0.25, 0.3) is 0 Å². The first-order chi connectivity index (χ1) is 19.5. The number of allylic oxidation sites excluding steroid dienone is 2. The molecular formula is C31H38N8O. The van der Waals surface area contributed by atoms with Crippen molar-refractivity contribution in [2.45, 2.75) is 46.6 Å². The number of ether oxygens (including phenoxy) is 1. The molecule has 1 aromatic carbocycles. The summed E-state index contributed by atoms with van der Waals surface area (Å²) in [6.07, 6.45) is 11.0. The Morgan fingerprint density at radius 1 is 1.15 bits per heavy atom. The standard InChI is InChI=1S/C31H38N8O/c1-6-21(3)18-25(19-32-7-2)22-8-10-23(11-9-22)30-28-26(36-38(30)4)13-12-24-20-33-31(35-29(24)28)34-27-14-15-39(37-27)16-17-40-5/h8-11,14-15,18-21H,6-7,12-13,16-17H2,1-5H3,(H,33,34,35,37)/b25-18+,32-19?. The lowest BCUT2D eigenvalue weighted by Gasteiger charge is -2.17. The Balaban J connectivity index is 1.47. The number of aryl methyl sites for hydroxylation is 3. The Hall–Kier alpha value is -4.11. The highest BCUT2D eigenvalue weighted by atomic mass is 16.5. The molecule has 1 N–H and O–H groups in total. The van der Waals surface area contributed by atoms with Gasteiger partial charge in [-0.25, -0.2) is 9.97 Å². The van der Waals surface area contributed by atoms with Crippen molar-refractivity contribution in [1.82, 2.24) is 29.5 Å². The molecule has 0 saturated carbocycles. The van der Waals surface area contributed by atoms with E-state index in [4.69, 9.17) is 14.8 Å². The molecular weight excluding hydrogens is 500 g/mol. The van der Waals surface area contributed by atoms with Gasteiger partial charge in [0.15, 0.2) is 5.82 Å². The second-order valence-corrected chi connectivity index (χ2v) is 10.2. The van der Waals surface area contributed by atoms with Gasteiger partial charge in [0.1, 0.15) is 0 Å². The lowest BCUT2D eigenvalue weighted by molar-refractivity contribution is 0.183. The molecule has 9 nitrogen and oxygen atoms in total. The van der Waals surface area contributed by atoms with Gasteiger partial charge in [0, 0.05) is 56.5 Å². The molecule has 0 saturated heterocycles. The first-order valence-electron chi connectivity index (χ1n) is 14.0. The largest absolute Gasteiger partial charge is 0.383 e. The summed E-state index contributed by atoms with van der Waals surface area (Å²) in [5.74, 6) is 1.70. The zero-order chi connectivity index (χ0) is 28.1. The number of hydrogen-bond donors (Lipinski definition) is 1. The Bertz CT molecular complexity index is 1510. The van der Waals surface area contributed by atoms with Crippen LogP contribution in [0.5, 0.6) is 0 Å². The molecule has 3 aromatic heterocycles. The van der Waals surface area contributed by atoms with Crippen LogP contribution in [0.25, 0.3) is 28.1 Å². The van der Waals surface area contributed by atoms with Gasteiger partial charge in [-0.2, -0.15) is 10.2 Å². The van der Waals surface area contributed by atoms with Crippen LogP contribution >= 0.6 is 0 Å². The van der Waals surface area contributed by atoms with Gasteiger partial charge in [-0.3, -0.25) is 14.4 Å². The van der Waals surface area contributed by atoms with Crippen LogP contribution < -0.4 is 5.32 Å². The third-order valence-electron chi connectivity index (χ3n) is 7.27. The fourth-order valence-corrected chi connectivity index (χ4v) is 4.95. The predicted molar refractivity (Wildman–Crippen MR) is 161 cm³/mol. The van der Waals surface area contributed by atoms with E-state index in [1.54, 1.807) is 7.11 Å². The second-order valence-electron chi connectivity index (χ2n) is 10.2. The number of anilines is 2. The molecule has 40 heavy (non-hydrogen) atoms. The highest BCUT2D eigenvalue weighted by Gasteiger charge is 2.27. The smallest absolute Gasteiger partial charge is 0.228 e. The molecule has 1 aliphatic rings. The number of fused-ring (bicyclic) bond motifs is 3. The summed E-state index contributed by atoms with van der Waals surface area (Å²) in [7, 11) is 3.69. The minimum Gasteiger partial charge on any atom is -0.383 e. The van der Waals surface area contributed by atoms with Gasteiger partial charge in [0.05, 0.1) is 30.2 Å². The van der Waals surface area contributed by atoms with Crippen molar-refractivity contribution in [3.05, 3.63) is 65.6 Å². The quantitative estimate of drug-likeness (QED) is 0.244. The monoisotopic (exact) mass is 538 g/mol. The van der Waals surface area contributed by atoms with Gasteiger partial charge >= 0.3 is 0 Å². The van der Waals surface area contributed by atoms with E-state index >= 15 is 0 Å². The normalized spacial score (nSPS) is 13.9. The average Bonchev–Trinajstić information content (AvgIpc) is 3.57. The highest BCUT2D eigenvalue weighted by molar-refractivity contribution is 6.10. The topological polar surface area (TPSA) is 95.0 Å². The molecule has 0 radical (unpaired) electrons. The number of rotatable bonds is 11. The third-order valence-corrected chi connectivity index (χ3v) is 7.27. The molecule has 4 aromatic rings. The minimum atomic E-state index is 0.486. The van der Waals surface area contributed by atoms with E-state index in [0.717, 1.165) is 70.7 Å². The Morgan fingerprint density at radius 3 is 2.73 bits per heavy atom. The summed E-state index contributed by atoms with van der Waals surface area (Å²) in [6.45, 7) is 8.57. The maximum absolute atomic E-state index is 5.15. The molecule has 0 amide bonds. The third kappa shape index (κ3) is 5.89. The van der Waals surface area contributed by atoms with Crippen molar-refractivity contribution in [1.29, 1.82) is 0 Å². The van der Waals surface area contributed by atoms with E-state index in [2.05, 4.69) is 71.5 Å². The van der Waals surface area contributed by atoms with E-state index in [0.29, 0.717) is 30.8 Å². The fraction of sp³-hybridized carbons (Fsp3) is 0.387. The molecule has 208 valence electrons. The van der Waals surface area contributed by atoms with E-state index < -0.39 is 0 Å². The van der Waals surface area contributed by atoms with Crippen LogP contribution in [0.2, 0.25) is 0 Å². The summed E-state index contributed by atoms with van der Waals surface area (Å²) >= 11 is 0. The van der Waals surface area contributed by atoms with Crippen LogP contribution in [0.4, 0.5) is 11.8 Å². The number of nitrogens with zero attached hydrogens (tertiary/aromatic N) is 7. The summed E-state index contributed by atoms with van der Waals surface area (Å²) in [6, 6.07) is 10.6. The zero-order valence-electron chi connectivity index (χ0n) is 24.1. The molecule has 5 rings (SSSR count). The molecule has 0 aliphatic heterocycles. The molecule has 0 bridgehead atoms. The first kappa shape index (κ1) is 27.5. The van der Waals surface area contributed by atoms with Gasteiger partial charge in [-0.15, -0.1) is 0 Å². The molecule has 1 unspecified atom stereocenters. The van der Waals surface area contributed by atoms with Crippen LogP contribution in [0.1, 0.15) is 44.0 Å². The number of benzene rings is 1. The molecule has 3 heterocycles. The lowest BCUT2D eigenvalue weighted by Crippen LogP contribution is -2.09. The molecule has 9 heteroatoms. The molecule has 0 fully saturated rings. The van der Waals surface area contributed by atoms with Crippen LogP contribution in [0.15, 0.2) is 53.8 Å². The predicted octanol–water partition coefficient (Wildman–Crippen LogP) is 5.75. The van der Waals surface area contributed by atoms with E-state index in [1.807, 2.05) is 41.1 Å². The maximum Gasteiger partial charge on any atom is 0.228 e. The van der Waals surface area contributed by atoms with Gasteiger partial charge in [-0.05, 0) is 42.4 Å². The van der Waals surface area contributed by atoms with Crippen molar-refractivity contribution in [3.63, 3.8) is 0 Å². The number of aromatic nitrogens is 6. The van der Waals surface area contributed by atoms with E-state index in [1.165, 1.54) is 0 Å². The number of methoxy groups -OCH3 is 1. The van der Waals surface area contributed by atoms with E-state index in [9.17, 15) is 0 Å². The minimum absolute atomic E-state index is 0.486. The highest BCUT2D eigenvalue weighted by Crippen LogP contribution is 2.40. The molecule has 1 aliphatic carbocycles. The zero-order valence-corrected chi connectivity index (χ0v) is 24.1. The Morgan fingerprint density at radius 2 is 1.98 bits per heavy atom. The van der Waals surface area contributed by atoms with Gasteiger partial charge in [-0.1, -0.05) is 50.6 Å². The Labute approximate surface area is 236 Å². The number of nitrogens with one attached hydrogen (secondary N) is 1. The SMILES string of the molecule is CCN=C/C(=C\C(C)CC)c1ccc(-c2c3c(nn2C)CCc2cnc(Nc4ccn(CCOC)n4)nc2-3)cc1. The summed E-state index contributed by atoms with van der Waals surface area (Å²) in [4.78, 5) is 14.1. The molecule has 1 atom stereocenters. The summed E-state index contributed by atoms with van der Waals surface area (Å²) < 4.78 is 8.97. The molecule has 0 spiro atoms. The maximum atomic E-state index is 5.15. The van der Waals surface area contributed by atoms with Gasteiger partial charge < -0.3 is 10.1 Å². The van der Waals surface area contributed by atoms with Crippen molar-refractivity contribution < 1.29 is 4.74 Å². The van der Waals surface area contributed by atoms with Crippen LogP contribution in [-0.4, -0.2) is 56.0 Å². The second kappa shape index (κ2) is 12.4. The van der Waals surface area contributed by atoms with Crippen molar-refractivity contribution in [2.75, 3.05) is 25.6 Å². The van der Waals surface area contributed by atoms with Crippen molar-refractivity contribution in [3.8, 4) is 22.5 Å². The van der Waals surface area contributed by atoms with Crippen molar-refractivity contribution >= 4 is 23.6 Å². The summed E-state index contributed by atoms with van der Waals surface area (Å²) in [5.41, 5.74) is 8.69. The fourth-order valence-electron chi connectivity index (χ4n) is 4.95. The average molecular weight is 539 g/mol. The Kier molecular flexibility index (Phi) is 8.50. The van der Waals surface area contributed by atoms with Crippen LogP contribution in [0.3, 0.4) is 0 Å². The van der Waals surface area contributed by atoms with Gasteiger partial charge in [0.2, 0.25) is 5.95 Å². The van der Waals surface area contributed by atoms with Crippen LogP contribution in [0, 0.1) is 5.92 Å². The number of hydrogen-bond acceptors (Lipinski definition) is 7. The van der Waals surface area contributed by atoms with E-state index in [-0.39, 0.29) is 0 Å². The lowest BCUT2D eigenvalue weighted by atomic mass is 9.91. The van der Waals surface area contributed by atoms with Crippen molar-refractivity contribution in [2.24, 2.45) is 18.0 Å². The first-order valence-corrected chi connectivity index (χ1v) is 14.0. The number of aliphatic imine (C=N–C) groups is 1. The summed E-state index contributed by atoms with van der Waals surface area (Å²) in [5, 5.41) is 12.7.